The molecule has 0 bridgehead atoms. The highest BCUT2D eigenvalue weighted by Crippen LogP contribution is 2.18. The molecule has 5 heteroatoms. The molecule has 22 heavy (non-hydrogen) atoms. The number of nitrogens with zero attached hydrogens (tertiary/aromatic N) is 2. The Hall–Kier alpha value is -2.53. The summed E-state index contributed by atoms with van der Waals surface area (Å²) in [6, 6.07) is 13.7. The van der Waals surface area contributed by atoms with E-state index in [0.717, 1.165) is 17.3 Å². The van der Waals surface area contributed by atoms with Gasteiger partial charge in [0.2, 0.25) is 0 Å². The summed E-state index contributed by atoms with van der Waals surface area (Å²) in [6.07, 6.45) is 0.728. The highest BCUT2D eigenvalue weighted by atomic mass is 16.1. The molecule has 0 spiro atoms. The molecule has 0 saturated carbocycles. The van der Waals surface area contributed by atoms with E-state index in [1.54, 1.807) is 12.1 Å². The van der Waals surface area contributed by atoms with Gasteiger partial charge >= 0.3 is 0 Å². The number of hydrogen-bond donors (Lipinski definition) is 2. The molecule has 0 aliphatic rings. The minimum atomic E-state index is 0.406. The number of aromatic amines is 1. The van der Waals surface area contributed by atoms with E-state index in [-0.39, 0.29) is 0 Å². The molecule has 5 nitrogen and oxygen atoms in total. The predicted octanol–water partition coefficient (Wildman–Crippen LogP) is 3.05. The van der Waals surface area contributed by atoms with Crippen molar-refractivity contribution in [3.63, 3.8) is 0 Å². The fraction of sp³-hybridized carbons (Fsp3) is 0.235. The van der Waals surface area contributed by atoms with Gasteiger partial charge < -0.3 is 10.3 Å². The second-order valence-electron chi connectivity index (χ2n) is 5.11. The minimum absolute atomic E-state index is 0.406. The molecule has 2 N–H and O–H groups in total. The molecule has 0 unspecified atom stereocenters. The third-order valence-corrected chi connectivity index (χ3v) is 3.10. The first-order chi connectivity index (χ1) is 10.6. The van der Waals surface area contributed by atoms with Crippen LogP contribution < -0.4 is 5.32 Å². The van der Waals surface area contributed by atoms with Gasteiger partial charge in [-0.25, -0.2) is 9.97 Å². The van der Waals surface area contributed by atoms with Gasteiger partial charge in [-0.2, -0.15) is 0 Å². The first-order valence-corrected chi connectivity index (χ1v) is 7.18. The Morgan fingerprint density at radius 1 is 1.09 bits per heavy atom. The molecular formula is C17H20N4O. The molecule has 0 aliphatic carbocycles. The number of aldehydes is 1. The summed E-state index contributed by atoms with van der Waals surface area (Å²) in [4.78, 5) is 22.5. The standard InChI is InChI=1S/C13H9N3O.C4H11N/c17-8-9-4-3-7-12(14-9)13-15-10-5-1-2-6-11(10)16-13;1-4(2)5-3/h1-8H,(H,15,16);4-5H,1-3H3. The molecular weight excluding hydrogens is 276 g/mol. The highest BCUT2D eigenvalue weighted by Gasteiger charge is 2.06. The maximum atomic E-state index is 10.7. The van der Waals surface area contributed by atoms with Crippen molar-refractivity contribution in [2.24, 2.45) is 0 Å². The number of pyridine rings is 1. The van der Waals surface area contributed by atoms with Crippen LogP contribution in [-0.2, 0) is 0 Å². The monoisotopic (exact) mass is 296 g/mol. The average molecular weight is 296 g/mol. The van der Waals surface area contributed by atoms with Crippen LogP contribution in [0.15, 0.2) is 42.5 Å². The van der Waals surface area contributed by atoms with Crippen LogP contribution in [0.25, 0.3) is 22.6 Å². The van der Waals surface area contributed by atoms with Crippen molar-refractivity contribution in [2.45, 2.75) is 19.9 Å². The van der Waals surface area contributed by atoms with Gasteiger partial charge in [0.25, 0.3) is 0 Å². The van der Waals surface area contributed by atoms with Crippen LogP contribution in [0.5, 0.6) is 0 Å². The van der Waals surface area contributed by atoms with E-state index in [9.17, 15) is 4.79 Å². The number of carbonyl (C=O) groups is 1. The van der Waals surface area contributed by atoms with Gasteiger partial charge in [0.15, 0.2) is 12.1 Å². The van der Waals surface area contributed by atoms with E-state index < -0.39 is 0 Å². The number of hydrogen-bond acceptors (Lipinski definition) is 4. The topological polar surface area (TPSA) is 70.7 Å². The maximum absolute atomic E-state index is 10.7. The molecule has 0 aliphatic heterocycles. The van der Waals surface area contributed by atoms with E-state index in [2.05, 4.69) is 34.1 Å². The average Bonchev–Trinajstić information content (AvgIpc) is 2.99. The molecule has 1 aromatic carbocycles. The summed E-state index contributed by atoms with van der Waals surface area (Å²) in [6.45, 7) is 4.22. The van der Waals surface area contributed by atoms with Gasteiger partial charge in [0.1, 0.15) is 11.4 Å². The Balaban J connectivity index is 0.000000309. The smallest absolute Gasteiger partial charge is 0.168 e. The van der Waals surface area contributed by atoms with Crippen molar-refractivity contribution in [3.05, 3.63) is 48.2 Å². The zero-order chi connectivity index (χ0) is 15.9. The third kappa shape index (κ3) is 3.99. The normalized spacial score (nSPS) is 10.4. The van der Waals surface area contributed by atoms with Crippen molar-refractivity contribution in [3.8, 4) is 11.5 Å². The van der Waals surface area contributed by atoms with Crippen LogP contribution in [0.3, 0.4) is 0 Å². The maximum Gasteiger partial charge on any atom is 0.168 e. The Kier molecular flexibility index (Phi) is 5.38. The number of para-hydroxylation sites is 2. The fourth-order valence-corrected chi connectivity index (χ4v) is 1.72. The predicted molar refractivity (Wildman–Crippen MR) is 88.9 cm³/mol. The van der Waals surface area contributed by atoms with E-state index in [0.29, 0.717) is 23.3 Å². The van der Waals surface area contributed by atoms with Crippen LogP contribution in [0.2, 0.25) is 0 Å². The summed E-state index contributed by atoms with van der Waals surface area (Å²) in [5.41, 5.74) is 2.93. The number of benzene rings is 1. The molecule has 0 amide bonds. The summed E-state index contributed by atoms with van der Waals surface area (Å²) in [5.74, 6) is 0.676. The van der Waals surface area contributed by atoms with E-state index in [1.807, 2.05) is 37.4 Å². The van der Waals surface area contributed by atoms with Gasteiger partial charge in [-0.1, -0.05) is 32.0 Å². The largest absolute Gasteiger partial charge is 0.337 e. The Morgan fingerprint density at radius 2 is 1.82 bits per heavy atom. The molecule has 3 aromatic rings. The molecule has 2 aromatic heterocycles. The van der Waals surface area contributed by atoms with Crippen LogP contribution in [0.4, 0.5) is 0 Å². The number of rotatable bonds is 3. The second kappa shape index (κ2) is 7.47. The van der Waals surface area contributed by atoms with E-state index in [1.165, 1.54) is 0 Å². The number of fused-ring (bicyclic) bond motifs is 1. The Morgan fingerprint density at radius 3 is 2.45 bits per heavy atom. The van der Waals surface area contributed by atoms with Gasteiger partial charge in [-0.3, -0.25) is 4.79 Å². The summed E-state index contributed by atoms with van der Waals surface area (Å²) < 4.78 is 0. The first-order valence-electron chi connectivity index (χ1n) is 7.18. The lowest BCUT2D eigenvalue weighted by Crippen LogP contribution is -2.15. The lowest BCUT2D eigenvalue weighted by Gasteiger charge is -1.95. The zero-order valence-corrected chi connectivity index (χ0v) is 13.0. The lowest BCUT2D eigenvalue weighted by molar-refractivity contribution is 0.111. The number of nitrogens with one attached hydrogen (secondary N) is 2. The van der Waals surface area contributed by atoms with Crippen molar-refractivity contribution in [1.29, 1.82) is 0 Å². The van der Waals surface area contributed by atoms with Crippen molar-refractivity contribution in [2.75, 3.05) is 7.05 Å². The number of aromatic nitrogens is 3. The minimum Gasteiger partial charge on any atom is -0.337 e. The molecule has 3 rings (SSSR count). The summed E-state index contributed by atoms with van der Waals surface area (Å²) >= 11 is 0. The van der Waals surface area contributed by atoms with Crippen molar-refractivity contribution >= 4 is 17.3 Å². The van der Waals surface area contributed by atoms with Crippen molar-refractivity contribution < 1.29 is 4.79 Å². The second-order valence-corrected chi connectivity index (χ2v) is 5.11. The SMILES string of the molecule is CNC(C)C.O=Cc1cccc(-c2nc3ccccc3[nH]2)n1. The van der Waals surface area contributed by atoms with Gasteiger partial charge in [0, 0.05) is 6.04 Å². The first kappa shape index (κ1) is 15.9. The zero-order valence-electron chi connectivity index (χ0n) is 13.0. The molecule has 0 fully saturated rings. The molecule has 0 radical (unpaired) electrons. The van der Waals surface area contributed by atoms with Crippen molar-refractivity contribution in [1.82, 2.24) is 20.3 Å². The Bertz CT molecular complexity index is 716. The van der Waals surface area contributed by atoms with Gasteiger partial charge in [-0.05, 0) is 31.3 Å². The number of imidazole rings is 1. The Labute approximate surface area is 129 Å². The highest BCUT2D eigenvalue weighted by molar-refractivity contribution is 5.79. The lowest BCUT2D eigenvalue weighted by atomic mass is 10.3. The van der Waals surface area contributed by atoms with E-state index >= 15 is 0 Å². The quantitative estimate of drug-likeness (QED) is 0.729. The third-order valence-electron chi connectivity index (χ3n) is 3.10. The van der Waals surface area contributed by atoms with Crippen LogP contribution in [-0.4, -0.2) is 34.3 Å². The van der Waals surface area contributed by atoms with Crippen LogP contribution >= 0.6 is 0 Å². The number of carbonyl (C=O) groups excluding carboxylic acids is 1. The van der Waals surface area contributed by atoms with Gasteiger partial charge in [0.05, 0.1) is 11.0 Å². The molecule has 0 saturated heterocycles. The summed E-state index contributed by atoms with van der Waals surface area (Å²) in [7, 11) is 1.95. The van der Waals surface area contributed by atoms with Crippen LogP contribution in [0, 0.1) is 0 Å². The molecule has 2 heterocycles. The summed E-state index contributed by atoms with van der Waals surface area (Å²) in [5, 5.41) is 3.03. The molecule has 0 atom stereocenters. The van der Waals surface area contributed by atoms with Crippen LogP contribution in [0.1, 0.15) is 24.3 Å². The number of H-pyrrole nitrogens is 1. The fourth-order valence-electron chi connectivity index (χ4n) is 1.72. The molecule has 114 valence electrons. The van der Waals surface area contributed by atoms with Gasteiger partial charge in [-0.15, -0.1) is 0 Å². The van der Waals surface area contributed by atoms with E-state index in [4.69, 9.17) is 0 Å².